The van der Waals surface area contributed by atoms with Crippen LogP contribution in [0.4, 0.5) is 0 Å². The Balaban J connectivity index is 2.10. The van der Waals surface area contributed by atoms with Gasteiger partial charge in [-0.2, -0.15) is 0 Å². The molecular weight excluding hydrogens is 248 g/mol. The highest BCUT2D eigenvalue weighted by molar-refractivity contribution is 6.17. The molecule has 1 aliphatic rings. The predicted octanol–water partition coefficient (Wildman–Crippen LogP) is 3.45. The Bertz CT molecular complexity index is 389. The van der Waals surface area contributed by atoms with Gasteiger partial charge in [-0.1, -0.05) is 13.8 Å². The predicted molar refractivity (Wildman–Crippen MR) is 73.0 cm³/mol. The van der Waals surface area contributed by atoms with E-state index in [4.69, 9.17) is 16.3 Å². The molecule has 1 atom stereocenters. The standard InChI is InChI=1S/C14H21ClN2O/c1-10(2)14-11(8-15)9-16-13(17-14)7-12-5-3-4-6-18-12/h9-10,12H,3-8H2,1-2H3. The van der Waals surface area contributed by atoms with Gasteiger partial charge in [0.15, 0.2) is 0 Å². The largest absolute Gasteiger partial charge is 0.378 e. The Morgan fingerprint density at radius 2 is 2.28 bits per heavy atom. The molecule has 0 bridgehead atoms. The van der Waals surface area contributed by atoms with E-state index in [1.54, 1.807) is 0 Å². The van der Waals surface area contributed by atoms with Crippen molar-refractivity contribution in [2.24, 2.45) is 0 Å². The Morgan fingerprint density at radius 3 is 2.89 bits per heavy atom. The van der Waals surface area contributed by atoms with Gasteiger partial charge in [0.05, 0.1) is 17.7 Å². The topological polar surface area (TPSA) is 35.0 Å². The lowest BCUT2D eigenvalue weighted by Crippen LogP contribution is -2.22. The van der Waals surface area contributed by atoms with Crippen molar-refractivity contribution >= 4 is 11.6 Å². The Morgan fingerprint density at radius 1 is 1.44 bits per heavy atom. The maximum absolute atomic E-state index is 5.92. The van der Waals surface area contributed by atoms with Gasteiger partial charge in [0.25, 0.3) is 0 Å². The van der Waals surface area contributed by atoms with E-state index in [1.807, 2.05) is 6.20 Å². The first-order valence-corrected chi connectivity index (χ1v) is 7.26. The van der Waals surface area contributed by atoms with Crippen LogP contribution in [-0.2, 0) is 17.0 Å². The molecule has 3 nitrogen and oxygen atoms in total. The lowest BCUT2D eigenvalue weighted by Gasteiger charge is -2.22. The maximum Gasteiger partial charge on any atom is 0.131 e. The lowest BCUT2D eigenvalue weighted by molar-refractivity contribution is 0.0156. The second-order valence-electron chi connectivity index (χ2n) is 5.18. The Labute approximate surface area is 114 Å². The fraction of sp³-hybridized carbons (Fsp3) is 0.714. The zero-order valence-electron chi connectivity index (χ0n) is 11.2. The van der Waals surface area contributed by atoms with Gasteiger partial charge >= 0.3 is 0 Å². The van der Waals surface area contributed by atoms with Gasteiger partial charge in [-0.05, 0) is 25.2 Å². The lowest BCUT2D eigenvalue weighted by atomic mass is 10.0. The maximum atomic E-state index is 5.92. The molecule has 1 saturated heterocycles. The molecule has 100 valence electrons. The van der Waals surface area contributed by atoms with Crippen molar-refractivity contribution in [2.45, 2.75) is 57.4 Å². The number of hydrogen-bond acceptors (Lipinski definition) is 3. The average molecular weight is 269 g/mol. The van der Waals surface area contributed by atoms with Crippen LogP contribution < -0.4 is 0 Å². The van der Waals surface area contributed by atoms with E-state index in [0.29, 0.717) is 17.9 Å². The summed E-state index contributed by atoms with van der Waals surface area (Å²) in [5.41, 5.74) is 2.12. The fourth-order valence-corrected chi connectivity index (χ4v) is 2.54. The third-order valence-electron chi connectivity index (χ3n) is 3.32. The SMILES string of the molecule is CC(C)c1nc(CC2CCCCO2)ncc1CCl. The highest BCUT2D eigenvalue weighted by Crippen LogP contribution is 2.20. The van der Waals surface area contributed by atoms with Crippen LogP contribution >= 0.6 is 11.6 Å². The molecular formula is C14H21ClN2O. The van der Waals surface area contributed by atoms with Crippen LogP contribution in [0, 0.1) is 0 Å². The van der Waals surface area contributed by atoms with Crippen molar-refractivity contribution in [1.82, 2.24) is 9.97 Å². The van der Waals surface area contributed by atoms with Gasteiger partial charge in [0.1, 0.15) is 5.82 Å². The highest BCUT2D eigenvalue weighted by Gasteiger charge is 2.17. The van der Waals surface area contributed by atoms with Gasteiger partial charge in [0.2, 0.25) is 0 Å². The van der Waals surface area contributed by atoms with Crippen LogP contribution in [0.2, 0.25) is 0 Å². The number of halogens is 1. The van der Waals surface area contributed by atoms with E-state index >= 15 is 0 Å². The molecule has 0 saturated carbocycles. The Hall–Kier alpha value is -0.670. The highest BCUT2D eigenvalue weighted by atomic mass is 35.5. The van der Waals surface area contributed by atoms with Gasteiger partial charge in [0, 0.05) is 24.8 Å². The van der Waals surface area contributed by atoms with E-state index < -0.39 is 0 Å². The van der Waals surface area contributed by atoms with E-state index in [9.17, 15) is 0 Å². The van der Waals surface area contributed by atoms with Crippen molar-refractivity contribution in [1.29, 1.82) is 0 Å². The number of ether oxygens (including phenoxy) is 1. The normalized spacial score (nSPS) is 20.3. The number of rotatable bonds is 4. The van der Waals surface area contributed by atoms with Crippen molar-refractivity contribution in [3.63, 3.8) is 0 Å². The van der Waals surface area contributed by atoms with E-state index in [1.165, 1.54) is 12.8 Å². The van der Waals surface area contributed by atoms with Crippen molar-refractivity contribution in [3.05, 3.63) is 23.3 Å². The zero-order chi connectivity index (χ0) is 13.0. The van der Waals surface area contributed by atoms with Crippen molar-refractivity contribution in [2.75, 3.05) is 6.61 Å². The van der Waals surface area contributed by atoms with Crippen LogP contribution in [0.25, 0.3) is 0 Å². The summed E-state index contributed by atoms with van der Waals surface area (Å²) in [5, 5.41) is 0. The number of aromatic nitrogens is 2. The minimum Gasteiger partial charge on any atom is -0.378 e. The molecule has 1 unspecified atom stereocenters. The first kappa shape index (κ1) is 13.8. The van der Waals surface area contributed by atoms with Gasteiger partial charge in [-0.25, -0.2) is 9.97 Å². The second-order valence-corrected chi connectivity index (χ2v) is 5.45. The minimum absolute atomic E-state index is 0.292. The molecule has 1 aromatic heterocycles. The molecule has 2 heterocycles. The summed E-state index contributed by atoms with van der Waals surface area (Å²) in [7, 11) is 0. The molecule has 1 aromatic rings. The smallest absolute Gasteiger partial charge is 0.131 e. The summed E-state index contributed by atoms with van der Waals surface area (Å²) in [5.74, 6) is 1.75. The molecule has 0 spiro atoms. The summed E-state index contributed by atoms with van der Waals surface area (Å²) < 4.78 is 5.73. The van der Waals surface area contributed by atoms with Gasteiger partial charge < -0.3 is 4.74 Å². The third kappa shape index (κ3) is 3.42. The molecule has 18 heavy (non-hydrogen) atoms. The second kappa shape index (κ2) is 6.48. The summed E-state index contributed by atoms with van der Waals surface area (Å²) in [4.78, 5) is 9.07. The van der Waals surface area contributed by atoms with E-state index in [2.05, 4.69) is 23.8 Å². The molecule has 0 N–H and O–H groups in total. The zero-order valence-corrected chi connectivity index (χ0v) is 11.9. The summed E-state index contributed by atoms with van der Waals surface area (Å²) >= 11 is 5.92. The van der Waals surface area contributed by atoms with Crippen LogP contribution in [0.3, 0.4) is 0 Å². The van der Waals surface area contributed by atoms with Gasteiger partial charge in [-0.15, -0.1) is 11.6 Å². The molecule has 0 amide bonds. The molecule has 0 aliphatic carbocycles. The minimum atomic E-state index is 0.292. The molecule has 0 aromatic carbocycles. The van der Waals surface area contributed by atoms with Crippen molar-refractivity contribution in [3.8, 4) is 0 Å². The first-order valence-electron chi connectivity index (χ1n) is 6.73. The van der Waals surface area contributed by atoms with Crippen LogP contribution in [-0.4, -0.2) is 22.7 Å². The average Bonchev–Trinajstić information content (AvgIpc) is 2.40. The fourth-order valence-electron chi connectivity index (χ4n) is 2.33. The number of nitrogens with zero attached hydrogens (tertiary/aromatic N) is 2. The number of alkyl halides is 1. The monoisotopic (exact) mass is 268 g/mol. The van der Waals surface area contributed by atoms with Crippen LogP contribution in [0.15, 0.2) is 6.20 Å². The summed E-state index contributed by atoms with van der Waals surface area (Å²) in [6.45, 7) is 5.15. The molecule has 0 radical (unpaired) electrons. The van der Waals surface area contributed by atoms with Crippen LogP contribution in [0.5, 0.6) is 0 Å². The molecule has 1 aliphatic heterocycles. The van der Waals surface area contributed by atoms with Crippen molar-refractivity contribution < 1.29 is 4.74 Å². The Kier molecular flexibility index (Phi) is 4.95. The summed E-state index contributed by atoms with van der Waals surface area (Å²) in [6.07, 6.45) is 6.54. The number of hydrogen-bond donors (Lipinski definition) is 0. The van der Waals surface area contributed by atoms with E-state index in [-0.39, 0.29) is 0 Å². The molecule has 1 fully saturated rings. The first-order chi connectivity index (χ1) is 8.70. The molecule has 2 rings (SSSR count). The van der Waals surface area contributed by atoms with E-state index in [0.717, 1.165) is 36.5 Å². The summed E-state index contributed by atoms with van der Waals surface area (Å²) in [6, 6.07) is 0. The van der Waals surface area contributed by atoms with Gasteiger partial charge in [-0.3, -0.25) is 0 Å². The molecule has 4 heteroatoms. The quantitative estimate of drug-likeness (QED) is 0.785. The third-order valence-corrected chi connectivity index (χ3v) is 3.61. The van der Waals surface area contributed by atoms with Crippen LogP contribution in [0.1, 0.15) is 56.1 Å².